The molecule has 10 aromatic rings. The fraction of sp³-hybridized carbons (Fsp3) is 0.0196. The number of rotatable bonds is 6. The lowest BCUT2D eigenvalue weighted by molar-refractivity contribution is 0.669. The zero-order chi connectivity index (χ0) is 37.0. The number of hydrogen-bond donors (Lipinski definition) is 1. The van der Waals surface area contributed by atoms with Crippen molar-refractivity contribution in [2.24, 2.45) is 9.98 Å². The van der Waals surface area contributed by atoms with Crippen LogP contribution in [0, 0.1) is 0 Å². The first kappa shape index (κ1) is 32.4. The minimum absolute atomic E-state index is 0.326. The van der Waals surface area contributed by atoms with Gasteiger partial charge < -0.3 is 9.73 Å². The van der Waals surface area contributed by atoms with Crippen LogP contribution in [-0.2, 0) is 0 Å². The summed E-state index contributed by atoms with van der Waals surface area (Å²) in [5.41, 5.74) is 12.0. The summed E-state index contributed by atoms with van der Waals surface area (Å²) >= 11 is 1.88. The predicted octanol–water partition coefficient (Wildman–Crippen LogP) is 13.5. The first-order chi connectivity index (χ1) is 27.8. The zero-order valence-corrected chi connectivity index (χ0v) is 31.0. The standard InChI is InChI=1S/C51H33N3OS/c1-4-15-32(16-5-1)38-30-29-37(35-21-12-22-36(31-35)51-53-49(33-17-6-2-7-18-33)52-50(54-51)34-19-8-3-9-20-34)46-42-26-13-25-40(47(42)56-48(38)46)39-24-14-28-44-45(39)41-23-10-11-27-43(41)55-44/h1-31,51H,(H,52,53,54). The number of fused-ring (bicyclic) bond motifs is 6. The number of hydrogen-bond acceptors (Lipinski definition) is 5. The van der Waals surface area contributed by atoms with Crippen LogP contribution in [0.15, 0.2) is 202 Å². The maximum absolute atomic E-state index is 6.35. The Hall–Kier alpha value is -7.08. The molecule has 0 spiro atoms. The third-order valence-electron chi connectivity index (χ3n) is 10.8. The molecule has 0 bridgehead atoms. The average molecular weight is 736 g/mol. The van der Waals surface area contributed by atoms with Gasteiger partial charge in [0.05, 0.1) is 0 Å². The molecular weight excluding hydrogens is 703 g/mol. The molecule has 0 saturated heterocycles. The van der Waals surface area contributed by atoms with E-state index in [0.29, 0.717) is 5.84 Å². The molecule has 1 aliphatic heterocycles. The van der Waals surface area contributed by atoms with Crippen LogP contribution in [0.4, 0.5) is 0 Å². The van der Waals surface area contributed by atoms with E-state index in [1.807, 2.05) is 53.8 Å². The van der Waals surface area contributed by atoms with Crippen LogP contribution in [0.3, 0.4) is 0 Å². The van der Waals surface area contributed by atoms with Gasteiger partial charge in [-0.15, -0.1) is 11.3 Å². The second-order valence-electron chi connectivity index (χ2n) is 14.1. The van der Waals surface area contributed by atoms with E-state index in [4.69, 9.17) is 14.4 Å². The van der Waals surface area contributed by atoms with Crippen molar-refractivity contribution < 1.29 is 4.42 Å². The van der Waals surface area contributed by atoms with E-state index < -0.39 is 0 Å². The minimum atomic E-state index is -0.326. The van der Waals surface area contributed by atoms with E-state index in [1.165, 1.54) is 48.0 Å². The Bertz CT molecular complexity index is 3160. The number of nitrogens with one attached hydrogen (secondary N) is 1. The normalized spacial score (nSPS) is 14.2. The molecule has 8 aromatic carbocycles. The lowest BCUT2D eigenvalue weighted by Crippen LogP contribution is -2.33. The lowest BCUT2D eigenvalue weighted by Gasteiger charge is -2.24. The highest BCUT2D eigenvalue weighted by atomic mass is 32.1. The first-order valence-corrected chi connectivity index (χ1v) is 19.7. The highest BCUT2D eigenvalue weighted by Crippen LogP contribution is 2.49. The molecule has 1 N–H and O–H groups in total. The van der Waals surface area contributed by atoms with Crippen molar-refractivity contribution in [2.45, 2.75) is 6.17 Å². The van der Waals surface area contributed by atoms with Crippen molar-refractivity contribution in [3.63, 3.8) is 0 Å². The molecule has 1 unspecified atom stereocenters. The van der Waals surface area contributed by atoms with E-state index in [9.17, 15) is 0 Å². The number of furan rings is 1. The fourth-order valence-electron chi connectivity index (χ4n) is 8.15. The molecule has 0 amide bonds. The van der Waals surface area contributed by atoms with Gasteiger partial charge in [0.2, 0.25) is 0 Å². The van der Waals surface area contributed by atoms with Gasteiger partial charge in [-0.3, -0.25) is 0 Å². The Morgan fingerprint density at radius 3 is 1.89 bits per heavy atom. The lowest BCUT2D eigenvalue weighted by atomic mass is 9.92. The molecule has 1 aliphatic rings. The second kappa shape index (κ2) is 13.3. The monoisotopic (exact) mass is 735 g/mol. The highest BCUT2D eigenvalue weighted by molar-refractivity contribution is 7.27. The predicted molar refractivity (Wildman–Crippen MR) is 235 cm³/mol. The molecule has 0 aliphatic carbocycles. The van der Waals surface area contributed by atoms with E-state index in [0.717, 1.165) is 50.0 Å². The SMILES string of the molecule is c1ccc(C2=NC(c3cccc(-c4ccc(-c5ccccc5)c5sc6c(-c7cccc8oc9ccccc9c78)cccc6c45)c3)NC(c3ccccc3)=N2)cc1. The molecule has 0 radical (unpaired) electrons. The topological polar surface area (TPSA) is 49.9 Å². The Labute approximate surface area is 327 Å². The number of thiophene rings is 1. The average Bonchev–Trinajstić information content (AvgIpc) is 3.86. The molecule has 5 heteroatoms. The van der Waals surface area contributed by atoms with Crippen LogP contribution < -0.4 is 5.32 Å². The van der Waals surface area contributed by atoms with Gasteiger partial charge in [-0.2, -0.15) is 0 Å². The summed E-state index contributed by atoms with van der Waals surface area (Å²) < 4.78 is 8.87. The molecule has 11 rings (SSSR count). The van der Waals surface area contributed by atoms with Crippen molar-refractivity contribution in [3.8, 4) is 33.4 Å². The smallest absolute Gasteiger partial charge is 0.159 e. The zero-order valence-electron chi connectivity index (χ0n) is 30.2. The summed E-state index contributed by atoms with van der Waals surface area (Å²) in [6.07, 6.45) is -0.326. The molecular formula is C51H33N3OS. The molecule has 0 saturated carbocycles. The molecule has 4 nitrogen and oxygen atoms in total. The Balaban J connectivity index is 1.11. The number of para-hydroxylation sites is 1. The number of aliphatic imine (C=N–C) groups is 2. The summed E-state index contributed by atoms with van der Waals surface area (Å²) in [5, 5.41) is 8.44. The van der Waals surface area contributed by atoms with Crippen molar-refractivity contribution in [1.82, 2.24) is 5.32 Å². The van der Waals surface area contributed by atoms with Crippen LogP contribution in [0.5, 0.6) is 0 Å². The number of benzene rings is 8. The van der Waals surface area contributed by atoms with Crippen molar-refractivity contribution in [3.05, 3.63) is 205 Å². The molecule has 3 heterocycles. The van der Waals surface area contributed by atoms with Crippen molar-refractivity contribution in [2.75, 3.05) is 0 Å². The van der Waals surface area contributed by atoms with Crippen LogP contribution in [0.25, 0.3) is 75.5 Å². The van der Waals surface area contributed by atoms with E-state index >= 15 is 0 Å². The van der Waals surface area contributed by atoms with Crippen LogP contribution in [-0.4, -0.2) is 11.7 Å². The highest BCUT2D eigenvalue weighted by Gasteiger charge is 2.23. The quantitative estimate of drug-likeness (QED) is 0.185. The minimum Gasteiger partial charge on any atom is -0.456 e. The molecule has 56 heavy (non-hydrogen) atoms. The van der Waals surface area contributed by atoms with Crippen LogP contribution in [0.2, 0.25) is 0 Å². The van der Waals surface area contributed by atoms with E-state index in [1.54, 1.807) is 0 Å². The van der Waals surface area contributed by atoms with Gasteiger partial charge in [-0.25, -0.2) is 9.98 Å². The molecule has 264 valence electrons. The number of amidine groups is 2. The van der Waals surface area contributed by atoms with Gasteiger partial charge in [-0.05, 0) is 51.6 Å². The molecule has 0 fully saturated rings. The maximum atomic E-state index is 6.35. The van der Waals surface area contributed by atoms with Gasteiger partial charge in [0.1, 0.15) is 23.2 Å². The maximum Gasteiger partial charge on any atom is 0.159 e. The fourth-order valence-corrected chi connectivity index (χ4v) is 9.54. The Kier molecular flexibility index (Phi) is 7.71. The summed E-state index contributed by atoms with van der Waals surface area (Å²) in [7, 11) is 0. The third-order valence-corrected chi connectivity index (χ3v) is 12.0. The van der Waals surface area contributed by atoms with Crippen molar-refractivity contribution >= 4 is 65.1 Å². The molecule has 1 atom stereocenters. The Morgan fingerprint density at radius 2 is 1.07 bits per heavy atom. The summed E-state index contributed by atoms with van der Waals surface area (Å²) in [4.78, 5) is 10.2. The van der Waals surface area contributed by atoms with Gasteiger partial charge in [0.15, 0.2) is 5.84 Å². The summed E-state index contributed by atoms with van der Waals surface area (Å²) in [6, 6.07) is 66.2. The third kappa shape index (κ3) is 5.44. The largest absolute Gasteiger partial charge is 0.456 e. The van der Waals surface area contributed by atoms with Gasteiger partial charge >= 0.3 is 0 Å². The Morgan fingerprint density at radius 1 is 0.446 bits per heavy atom. The number of nitrogens with zero attached hydrogens (tertiary/aromatic N) is 2. The molecule has 2 aromatic heterocycles. The first-order valence-electron chi connectivity index (χ1n) is 18.9. The van der Waals surface area contributed by atoms with Crippen LogP contribution in [0.1, 0.15) is 22.9 Å². The van der Waals surface area contributed by atoms with E-state index in [-0.39, 0.29) is 6.17 Å². The van der Waals surface area contributed by atoms with Crippen LogP contribution >= 0.6 is 11.3 Å². The summed E-state index contributed by atoms with van der Waals surface area (Å²) in [5.74, 6) is 1.52. The van der Waals surface area contributed by atoms with Gasteiger partial charge in [-0.1, -0.05) is 170 Å². The summed E-state index contributed by atoms with van der Waals surface area (Å²) in [6.45, 7) is 0. The second-order valence-corrected chi connectivity index (χ2v) is 15.1. The van der Waals surface area contributed by atoms with E-state index in [2.05, 4.69) is 151 Å². The van der Waals surface area contributed by atoms with Gasteiger partial charge in [0.25, 0.3) is 0 Å². The van der Waals surface area contributed by atoms with Gasteiger partial charge in [0, 0.05) is 47.6 Å². The van der Waals surface area contributed by atoms with Crippen molar-refractivity contribution in [1.29, 1.82) is 0 Å².